The zero-order valence-electron chi connectivity index (χ0n) is 19.3. The van der Waals surface area contributed by atoms with E-state index in [1.807, 2.05) is 25.1 Å². The summed E-state index contributed by atoms with van der Waals surface area (Å²) < 4.78 is 0. The highest BCUT2D eigenvalue weighted by Gasteiger charge is 2.47. The number of pyridine rings is 1. The fraction of sp³-hybridized carbons (Fsp3) is 0.385. The van der Waals surface area contributed by atoms with E-state index in [-0.39, 0.29) is 26.9 Å². The molecule has 2 aliphatic rings. The molecular formula is C26H27Cl2N3O3S. The molecule has 1 spiro atoms. The van der Waals surface area contributed by atoms with Gasteiger partial charge in [-0.15, -0.1) is 0 Å². The van der Waals surface area contributed by atoms with Crippen LogP contribution in [0, 0.1) is 5.41 Å². The van der Waals surface area contributed by atoms with E-state index in [0.29, 0.717) is 12.1 Å². The number of carbonyl (C=O) groups is 2. The molecule has 1 amide bonds. The summed E-state index contributed by atoms with van der Waals surface area (Å²) in [5.74, 6) is -1.61. The van der Waals surface area contributed by atoms with Crippen LogP contribution in [0.5, 0.6) is 0 Å². The zero-order chi connectivity index (χ0) is 25.2. The van der Waals surface area contributed by atoms with Gasteiger partial charge in [-0.2, -0.15) is 0 Å². The van der Waals surface area contributed by atoms with Crippen molar-refractivity contribution in [3.05, 3.63) is 69.6 Å². The highest BCUT2D eigenvalue weighted by atomic mass is 35.5. The van der Waals surface area contributed by atoms with Crippen molar-refractivity contribution in [2.45, 2.75) is 57.4 Å². The largest absolute Gasteiger partial charge is 0.480 e. The Morgan fingerprint density at radius 2 is 1.74 bits per heavy atom. The summed E-state index contributed by atoms with van der Waals surface area (Å²) >= 11 is 17.7. The zero-order valence-corrected chi connectivity index (χ0v) is 21.6. The monoisotopic (exact) mass is 531 g/mol. The van der Waals surface area contributed by atoms with Crippen molar-refractivity contribution in [3.63, 3.8) is 0 Å². The molecule has 2 aliphatic carbocycles. The summed E-state index contributed by atoms with van der Waals surface area (Å²) in [7, 11) is 0. The average Bonchev–Trinajstić information content (AvgIpc) is 2.84. The molecule has 4 rings (SSSR count). The van der Waals surface area contributed by atoms with Gasteiger partial charge in [-0.25, -0.2) is 4.79 Å². The smallest absolute Gasteiger partial charge is 0.326 e. The minimum absolute atomic E-state index is 0.150. The van der Waals surface area contributed by atoms with E-state index in [4.69, 9.17) is 35.4 Å². The van der Waals surface area contributed by atoms with Crippen molar-refractivity contribution in [1.29, 1.82) is 0 Å². The van der Waals surface area contributed by atoms with Crippen molar-refractivity contribution in [2.24, 2.45) is 5.41 Å². The second-order valence-electron chi connectivity index (χ2n) is 9.09. The van der Waals surface area contributed by atoms with Crippen LogP contribution >= 0.6 is 35.4 Å². The number of benzene rings is 1. The third-order valence-electron chi connectivity index (χ3n) is 7.07. The fourth-order valence-corrected chi connectivity index (χ4v) is 6.08. The SMILES string of the molecule is CCC(c1ccc(NC(=O)c2c(Cl)cncc2Cl)cc1)[C@H](NC1=CC(=S)C12CCCCC2)C(=O)O. The lowest BCUT2D eigenvalue weighted by Crippen LogP contribution is -2.52. The van der Waals surface area contributed by atoms with Crippen LogP contribution in [0.2, 0.25) is 10.0 Å². The highest BCUT2D eigenvalue weighted by Crippen LogP contribution is 2.49. The molecule has 184 valence electrons. The predicted molar refractivity (Wildman–Crippen MR) is 142 cm³/mol. The molecule has 9 heteroatoms. The Kier molecular flexibility index (Phi) is 7.79. The minimum atomic E-state index is -0.902. The number of nitrogens with one attached hydrogen (secondary N) is 2. The van der Waals surface area contributed by atoms with Gasteiger partial charge in [0, 0.05) is 40.0 Å². The van der Waals surface area contributed by atoms with E-state index in [0.717, 1.165) is 41.8 Å². The van der Waals surface area contributed by atoms with Gasteiger partial charge < -0.3 is 15.7 Å². The Bertz CT molecular complexity index is 1160. The predicted octanol–water partition coefficient (Wildman–Crippen LogP) is 6.40. The van der Waals surface area contributed by atoms with Crippen molar-refractivity contribution in [1.82, 2.24) is 10.3 Å². The van der Waals surface area contributed by atoms with Gasteiger partial charge in [0.05, 0.1) is 15.6 Å². The lowest BCUT2D eigenvalue weighted by atomic mass is 9.63. The molecule has 0 saturated heterocycles. The van der Waals surface area contributed by atoms with Crippen LogP contribution in [-0.4, -0.2) is 32.9 Å². The second kappa shape index (κ2) is 10.6. The number of carboxylic acids is 1. The molecule has 1 heterocycles. The average molecular weight is 532 g/mol. The van der Waals surface area contributed by atoms with E-state index in [2.05, 4.69) is 15.6 Å². The van der Waals surface area contributed by atoms with Gasteiger partial charge in [0.2, 0.25) is 0 Å². The molecule has 1 unspecified atom stereocenters. The molecule has 6 nitrogen and oxygen atoms in total. The van der Waals surface area contributed by atoms with Gasteiger partial charge in [0.25, 0.3) is 5.91 Å². The maximum Gasteiger partial charge on any atom is 0.326 e. The van der Waals surface area contributed by atoms with Gasteiger partial charge in [-0.1, -0.05) is 73.7 Å². The van der Waals surface area contributed by atoms with E-state index < -0.39 is 17.9 Å². The van der Waals surface area contributed by atoms with Gasteiger partial charge in [-0.3, -0.25) is 9.78 Å². The van der Waals surface area contributed by atoms with Crippen LogP contribution in [0.1, 0.15) is 67.3 Å². The highest BCUT2D eigenvalue weighted by molar-refractivity contribution is 7.81. The molecule has 0 bridgehead atoms. The number of hydrogen-bond acceptors (Lipinski definition) is 5. The Morgan fingerprint density at radius 3 is 2.29 bits per heavy atom. The van der Waals surface area contributed by atoms with Crippen LogP contribution in [0.25, 0.3) is 0 Å². The number of thiocarbonyl (C=S) groups is 1. The first kappa shape index (κ1) is 25.6. The number of carboxylic acid groups (broad SMARTS) is 1. The number of aliphatic carboxylic acids is 1. The quantitative estimate of drug-likeness (QED) is 0.341. The maximum atomic E-state index is 12.7. The van der Waals surface area contributed by atoms with Gasteiger partial charge in [0.1, 0.15) is 6.04 Å². The van der Waals surface area contributed by atoms with E-state index in [1.165, 1.54) is 18.8 Å². The van der Waals surface area contributed by atoms with Crippen molar-refractivity contribution in [3.8, 4) is 0 Å². The number of anilines is 1. The summed E-state index contributed by atoms with van der Waals surface area (Å²) in [6, 6.07) is 6.39. The molecule has 3 N–H and O–H groups in total. The molecule has 2 aromatic rings. The number of aromatic nitrogens is 1. The Labute approximate surface area is 220 Å². The van der Waals surface area contributed by atoms with Gasteiger partial charge in [0.15, 0.2) is 0 Å². The Hall–Kier alpha value is -2.48. The number of amides is 1. The summed E-state index contributed by atoms with van der Waals surface area (Å²) in [5.41, 5.74) is 2.36. The third kappa shape index (κ3) is 5.08. The number of carbonyl (C=O) groups excluding carboxylic acids is 1. The van der Waals surface area contributed by atoms with Crippen molar-refractivity contribution >= 4 is 57.8 Å². The van der Waals surface area contributed by atoms with E-state index in [9.17, 15) is 14.7 Å². The van der Waals surface area contributed by atoms with Crippen molar-refractivity contribution in [2.75, 3.05) is 5.32 Å². The molecule has 2 atom stereocenters. The maximum absolute atomic E-state index is 12.7. The fourth-order valence-electron chi connectivity index (χ4n) is 5.11. The normalized spacial score (nSPS) is 18.3. The Balaban J connectivity index is 1.50. The van der Waals surface area contributed by atoms with Gasteiger partial charge >= 0.3 is 5.97 Å². The molecule has 35 heavy (non-hydrogen) atoms. The van der Waals surface area contributed by atoms with Crippen LogP contribution < -0.4 is 10.6 Å². The van der Waals surface area contributed by atoms with Crippen LogP contribution in [-0.2, 0) is 4.79 Å². The first-order valence-electron chi connectivity index (χ1n) is 11.7. The van der Waals surface area contributed by atoms with E-state index in [1.54, 1.807) is 12.1 Å². The third-order valence-corrected chi connectivity index (χ3v) is 8.15. The number of nitrogens with zero attached hydrogens (tertiary/aromatic N) is 1. The molecule has 1 fully saturated rings. The van der Waals surface area contributed by atoms with Crippen LogP contribution in [0.15, 0.2) is 48.4 Å². The minimum Gasteiger partial charge on any atom is -0.480 e. The summed E-state index contributed by atoms with van der Waals surface area (Å²) in [6.07, 6.45) is 10.6. The second-order valence-corrected chi connectivity index (χ2v) is 10.3. The van der Waals surface area contributed by atoms with Crippen LogP contribution in [0.3, 0.4) is 0 Å². The standard InChI is InChI=1S/C26H27Cl2N3O3S/c1-2-17(23(25(33)34)31-20-12-21(35)26(20)10-4-3-5-11-26)15-6-8-16(9-7-15)30-24(32)22-18(27)13-29-14-19(22)28/h6-9,12-14,17,23,31H,2-5,10-11H2,1H3,(H,30,32)(H,33,34)/t17?,23-/m0/s1. The van der Waals surface area contributed by atoms with Crippen LogP contribution in [0.4, 0.5) is 5.69 Å². The number of rotatable bonds is 8. The summed E-state index contributed by atoms with van der Waals surface area (Å²) in [6.45, 7) is 1.97. The number of allylic oxidation sites excluding steroid dienone is 2. The summed E-state index contributed by atoms with van der Waals surface area (Å²) in [4.78, 5) is 29.8. The molecule has 1 aromatic carbocycles. The van der Waals surface area contributed by atoms with Crippen molar-refractivity contribution < 1.29 is 14.7 Å². The molecular weight excluding hydrogens is 505 g/mol. The first-order chi connectivity index (χ1) is 16.8. The Morgan fingerprint density at radius 1 is 1.11 bits per heavy atom. The summed E-state index contributed by atoms with van der Waals surface area (Å²) in [5, 5.41) is 16.5. The number of halogens is 2. The molecule has 0 aliphatic heterocycles. The topological polar surface area (TPSA) is 91.3 Å². The lowest BCUT2D eigenvalue weighted by molar-refractivity contribution is -0.140. The van der Waals surface area contributed by atoms with E-state index >= 15 is 0 Å². The first-order valence-corrected chi connectivity index (χ1v) is 12.9. The molecule has 0 radical (unpaired) electrons. The molecule has 1 aromatic heterocycles. The molecule has 1 saturated carbocycles. The van der Waals surface area contributed by atoms with Gasteiger partial charge in [-0.05, 0) is 43.0 Å². The number of hydrogen-bond donors (Lipinski definition) is 3. The lowest BCUT2D eigenvalue weighted by Gasteiger charge is -2.47.